The first kappa shape index (κ1) is 18.2. The predicted octanol–water partition coefficient (Wildman–Crippen LogP) is 4.44. The van der Waals surface area contributed by atoms with E-state index in [1.54, 1.807) is 36.5 Å². The summed E-state index contributed by atoms with van der Waals surface area (Å²) in [5.74, 6) is 0. The molecule has 0 atom stereocenters. The molecule has 7 heteroatoms. The molecule has 0 saturated heterocycles. The zero-order chi connectivity index (χ0) is 18.0. The van der Waals surface area contributed by atoms with Gasteiger partial charge in [-0.05, 0) is 48.2 Å². The summed E-state index contributed by atoms with van der Waals surface area (Å²) < 4.78 is 30.1. The molecule has 0 bridgehead atoms. The number of hydrogen-bond acceptors (Lipinski definition) is 3. The molecule has 1 aromatic carbocycles. The molecule has 0 unspecified atom stereocenters. The molecule has 2 heterocycles. The maximum atomic E-state index is 13.3. The van der Waals surface area contributed by atoms with E-state index in [2.05, 4.69) is 0 Å². The summed E-state index contributed by atoms with van der Waals surface area (Å²) >= 11 is 7.70. The molecular formula is C18H19ClN2O2S2. The van der Waals surface area contributed by atoms with Crippen molar-refractivity contribution in [3.05, 3.63) is 75.2 Å². The quantitative estimate of drug-likeness (QED) is 0.620. The topological polar surface area (TPSA) is 42.3 Å². The Balaban J connectivity index is 2.03. The molecule has 3 aromatic rings. The fourth-order valence-corrected chi connectivity index (χ4v) is 5.32. The van der Waals surface area contributed by atoms with Gasteiger partial charge in [0.15, 0.2) is 0 Å². The van der Waals surface area contributed by atoms with Gasteiger partial charge in [-0.2, -0.15) is 4.31 Å². The normalized spacial score (nSPS) is 12.0. The number of aromatic nitrogens is 1. The Morgan fingerprint density at radius 3 is 2.56 bits per heavy atom. The molecule has 25 heavy (non-hydrogen) atoms. The molecule has 0 saturated carbocycles. The first-order valence-electron chi connectivity index (χ1n) is 7.77. The molecule has 0 aliphatic heterocycles. The number of benzene rings is 1. The number of thiophene rings is 1. The molecule has 0 radical (unpaired) electrons. The van der Waals surface area contributed by atoms with Crippen LogP contribution in [0.25, 0.3) is 0 Å². The number of aryl methyl sites for hydroxylation is 1. The minimum Gasteiger partial charge on any atom is -0.353 e. The lowest BCUT2D eigenvalue weighted by Crippen LogP contribution is -2.31. The summed E-state index contributed by atoms with van der Waals surface area (Å²) in [7, 11) is -1.77. The van der Waals surface area contributed by atoms with E-state index in [0.29, 0.717) is 23.7 Å². The maximum Gasteiger partial charge on any atom is 0.244 e. The first-order chi connectivity index (χ1) is 11.9. The van der Waals surface area contributed by atoms with Crippen molar-refractivity contribution < 1.29 is 8.42 Å². The lowest BCUT2D eigenvalue weighted by Gasteiger charge is -2.23. The lowest BCUT2D eigenvalue weighted by atomic mass is 10.2. The molecule has 0 aliphatic rings. The third-order valence-corrected chi connectivity index (χ3v) is 7.34. The van der Waals surface area contributed by atoms with Crippen molar-refractivity contribution in [3.8, 4) is 0 Å². The standard InChI is InChI=1S/C18H19ClN2O2S2/c1-14-17(19)8-3-9-18(14)25(22,23)21(13-16-7-5-11-24-16)12-15-6-4-10-20(15)2/h3-11H,12-13H2,1-2H3. The van der Waals surface area contributed by atoms with Crippen molar-refractivity contribution in [2.24, 2.45) is 7.05 Å². The van der Waals surface area contributed by atoms with E-state index in [1.807, 2.05) is 47.5 Å². The summed E-state index contributed by atoms with van der Waals surface area (Å²) in [5, 5.41) is 2.41. The van der Waals surface area contributed by atoms with Crippen molar-refractivity contribution in [2.45, 2.75) is 24.9 Å². The highest BCUT2D eigenvalue weighted by molar-refractivity contribution is 7.89. The highest BCUT2D eigenvalue weighted by Crippen LogP contribution is 2.28. The van der Waals surface area contributed by atoms with Crippen LogP contribution in [0.1, 0.15) is 16.1 Å². The van der Waals surface area contributed by atoms with Gasteiger partial charge in [0.1, 0.15) is 0 Å². The van der Waals surface area contributed by atoms with E-state index in [-0.39, 0.29) is 4.90 Å². The van der Waals surface area contributed by atoms with E-state index >= 15 is 0 Å². The Kier molecular flexibility index (Phi) is 5.34. The third kappa shape index (κ3) is 3.82. The molecule has 0 N–H and O–H groups in total. The molecule has 2 aromatic heterocycles. The second-order valence-electron chi connectivity index (χ2n) is 5.83. The number of nitrogens with zero attached hydrogens (tertiary/aromatic N) is 2. The van der Waals surface area contributed by atoms with Gasteiger partial charge in [-0.3, -0.25) is 0 Å². The molecule has 3 rings (SSSR count). The zero-order valence-electron chi connectivity index (χ0n) is 14.0. The molecule has 0 aliphatic carbocycles. The van der Waals surface area contributed by atoms with Gasteiger partial charge in [0.25, 0.3) is 0 Å². The average molecular weight is 395 g/mol. The van der Waals surface area contributed by atoms with Gasteiger partial charge in [0.2, 0.25) is 10.0 Å². The van der Waals surface area contributed by atoms with Crippen molar-refractivity contribution >= 4 is 33.0 Å². The number of sulfonamides is 1. The fraction of sp³-hybridized carbons (Fsp3) is 0.222. The maximum absolute atomic E-state index is 13.3. The zero-order valence-corrected chi connectivity index (χ0v) is 16.4. The Bertz CT molecular complexity index is 963. The van der Waals surface area contributed by atoms with Gasteiger partial charge in [0.05, 0.1) is 11.4 Å². The van der Waals surface area contributed by atoms with Gasteiger partial charge >= 0.3 is 0 Å². The smallest absolute Gasteiger partial charge is 0.244 e. The first-order valence-corrected chi connectivity index (χ1v) is 10.5. The van der Waals surface area contributed by atoms with Crippen LogP contribution < -0.4 is 0 Å². The highest BCUT2D eigenvalue weighted by atomic mass is 35.5. The van der Waals surface area contributed by atoms with Gasteiger partial charge in [-0.1, -0.05) is 23.7 Å². The summed E-state index contributed by atoms with van der Waals surface area (Å²) in [6, 6.07) is 12.7. The minimum atomic E-state index is -3.68. The van der Waals surface area contributed by atoms with Gasteiger partial charge in [0, 0.05) is 35.4 Å². The van der Waals surface area contributed by atoms with E-state index in [9.17, 15) is 8.42 Å². The van der Waals surface area contributed by atoms with Crippen molar-refractivity contribution in [3.63, 3.8) is 0 Å². The van der Waals surface area contributed by atoms with Crippen molar-refractivity contribution in [1.82, 2.24) is 8.87 Å². The van der Waals surface area contributed by atoms with Crippen LogP contribution in [-0.2, 0) is 30.2 Å². The molecular weight excluding hydrogens is 376 g/mol. The average Bonchev–Trinajstić information content (AvgIpc) is 3.21. The monoisotopic (exact) mass is 394 g/mol. The summed E-state index contributed by atoms with van der Waals surface area (Å²) in [6.45, 7) is 2.37. The van der Waals surface area contributed by atoms with E-state index in [0.717, 1.165) is 10.6 Å². The summed E-state index contributed by atoms with van der Waals surface area (Å²) in [4.78, 5) is 1.25. The fourth-order valence-electron chi connectivity index (χ4n) is 2.65. The minimum absolute atomic E-state index is 0.255. The van der Waals surface area contributed by atoms with Gasteiger partial charge in [-0.15, -0.1) is 11.3 Å². The predicted molar refractivity (Wildman–Crippen MR) is 102 cm³/mol. The number of halogens is 1. The number of rotatable bonds is 6. The second kappa shape index (κ2) is 7.33. The molecule has 132 valence electrons. The summed E-state index contributed by atoms with van der Waals surface area (Å²) in [5.41, 5.74) is 1.51. The van der Waals surface area contributed by atoms with Crippen LogP contribution in [0.4, 0.5) is 0 Å². The van der Waals surface area contributed by atoms with E-state index in [1.165, 1.54) is 4.31 Å². The highest BCUT2D eigenvalue weighted by Gasteiger charge is 2.28. The van der Waals surface area contributed by atoms with Crippen molar-refractivity contribution in [2.75, 3.05) is 0 Å². The van der Waals surface area contributed by atoms with Gasteiger partial charge < -0.3 is 4.57 Å². The number of hydrogen-bond donors (Lipinski definition) is 0. The van der Waals surface area contributed by atoms with Crippen LogP contribution >= 0.6 is 22.9 Å². The summed E-state index contributed by atoms with van der Waals surface area (Å²) in [6.07, 6.45) is 1.91. The van der Waals surface area contributed by atoms with Crippen LogP contribution in [0, 0.1) is 6.92 Å². The van der Waals surface area contributed by atoms with Gasteiger partial charge in [-0.25, -0.2) is 8.42 Å². The molecule has 0 spiro atoms. The van der Waals surface area contributed by atoms with Crippen LogP contribution in [0.3, 0.4) is 0 Å². The Labute approximate surface area is 157 Å². The second-order valence-corrected chi connectivity index (χ2v) is 9.17. The van der Waals surface area contributed by atoms with Crippen LogP contribution in [0.5, 0.6) is 0 Å². The largest absolute Gasteiger partial charge is 0.353 e. The Hall–Kier alpha value is -1.60. The SMILES string of the molecule is Cc1c(Cl)cccc1S(=O)(=O)N(Cc1cccs1)Cc1cccn1C. The van der Waals surface area contributed by atoms with Crippen LogP contribution in [0.2, 0.25) is 5.02 Å². The van der Waals surface area contributed by atoms with E-state index in [4.69, 9.17) is 11.6 Å². The third-order valence-electron chi connectivity index (χ3n) is 4.14. The molecule has 0 fully saturated rings. The molecule has 0 amide bonds. The Morgan fingerprint density at radius 1 is 1.12 bits per heavy atom. The molecule has 4 nitrogen and oxygen atoms in total. The van der Waals surface area contributed by atoms with Crippen LogP contribution in [-0.4, -0.2) is 17.3 Å². The van der Waals surface area contributed by atoms with Crippen LogP contribution in [0.15, 0.2) is 58.9 Å². The Morgan fingerprint density at radius 2 is 1.92 bits per heavy atom. The van der Waals surface area contributed by atoms with Crippen molar-refractivity contribution in [1.29, 1.82) is 0 Å². The lowest BCUT2D eigenvalue weighted by molar-refractivity contribution is 0.395. The van der Waals surface area contributed by atoms with E-state index < -0.39 is 10.0 Å².